The van der Waals surface area contributed by atoms with Crippen molar-refractivity contribution in [3.05, 3.63) is 34.7 Å². The summed E-state index contributed by atoms with van der Waals surface area (Å²) in [7, 11) is 0. The first-order chi connectivity index (χ1) is 10.7. The summed E-state index contributed by atoms with van der Waals surface area (Å²) < 4.78 is 0. The standard InChI is InChI=1S/C15H18N4O2S/c20-13(6-10-2-5-22-9-10)17-14-11-7-18(8-12(11)14)15-16-3-1-4-19(15)21/h1-5,9,11-12,14-15,21H,6-8H2,(H,17,20). The van der Waals surface area contributed by atoms with Gasteiger partial charge in [-0.3, -0.25) is 19.9 Å². The number of thiophene rings is 1. The molecule has 1 aromatic heterocycles. The molecule has 2 fully saturated rings. The zero-order valence-corrected chi connectivity index (χ0v) is 12.8. The average Bonchev–Trinajstić information content (AvgIpc) is 2.93. The number of nitrogens with one attached hydrogen (secondary N) is 1. The fraction of sp³-hybridized carbons (Fsp3) is 0.467. The molecular formula is C15H18N4O2S. The van der Waals surface area contributed by atoms with E-state index in [9.17, 15) is 10.0 Å². The molecular weight excluding hydrogens is 300 g/mol. The van der Waals surface area contributed by atoms with Crippen molar-refractivity contribution in [1.82, 2.24) is 15.3 Å². The van der Waals surface area contributed by atoms with E-state index < -0.39 is 0 Å². The molecule has 0 spiro atoms. The van der Waals surface area contributed by atoms with Crippen LogP contribution in [0.1, 0.15) is 5.56 Å². The van der Waals surface area contributed by atoms with Gasteiger partial charge in [-0.25, -0.2) is 5.06 Å². The van der Waals surface area contributed by atoms with E-state index in [0.717, 1.165) is 23.7 Å². The zero-order chi connectivity index (χ0) is 15.1. The largest absolute Gasteiger partial charge is 0.352 e. The first-order valence-corrected chi connectivity index (χ1v) is 8.38. The highest BCUT2D eigenvalue weighted by Crippen LogP contribution is 2.46. The lowest BCUT2D eigenvalue weighted by Crippen LogP contribution is -2.46. The summed E-state index contributed by atoms with van der Waals surface area (Å²) in [5, 5.41) is 18.1. The van der Waals surface area contributed by atoms with E-state index in [1.807, 2.05) is 16.8 Å². The highest BCUT2D eigenvalue weighted by atomic mass is 32.1. The summed E-state index contributed by atoms with van der Waals surface area (Å²) in [4.78, 5) is 18.5. The smallest absolute Gasteiger partial charge is 0.224 e. The Morgan fingerprint density at radius 1 is 1.45 bits per heavy atom. The Bertz CT molecular complexity index is 603. The minimum Gasteiger partial charge on any atom is -0.352 e. The predicted octanol–water partition coefficient (Wildman–Crippen LogP) is 0.910. The monoisotopic (exact) mass is 318 g/mol. The number of likely N-dealkylation sites (tertiary alicyclic amines) is 1. The van der Waals surface area contributed by atoms with Gasteiger partial charge in [-0.2, -0.15) is 11.3 Å². The molecule has 4 rings (SSSR count). The quantitative estimate of drug-likeness (QED) is 0.866. The molecule has 0 aromatic carbocycles. The highest BCUT2D eigenvalue weighted by molar-refractivity contribution is 7.07. The van der Waals surface area contributed by atoms with Crippen molar-refractivity contribution in [3.63, 3.8) is 0 Å². The summed E-state index contributed by atoms with van der Waals surface area (Å²) in [6, 6.07) is 2.28. The van der Waals surface area contributed by atoms with Crippen molar-refractivity contribution in [2.24, 2.45) is 16.8 Å². The fourth-order valence-electron chi connectivity index (χ4n) is 3.44. The Hall–Kier alpha value is -1.70. The Balaban J connectivity index is 1.27. The Kier molecular flexibility index (Phi) is 3.48. The second-order valence-corrected chi connectivity index (χ2v) is 6.83. The third-order valence-corrected chi connectivity index (χ3v) is 5.33. The summed E-state index contributed by atoms with van der Waals surface area (Å²) >= 11 is 1.62. The van der Waals surface area contributed by atoms with Crippen LogP contribution in [-0.4, -0.2) is 52.7 Å². The number of amides is 1. The zero-order valence-electron chi connectivity index (χ0n) is 12.0. The predicted molar refractivity (Wildman–Crippen MR) is 83.6 cm³/mol. The van der Waals surface area contributed by atoms with Crippen LogP contribution in [0.5, 0.6) is 0 Å². The summed E-state index contributed by atoms with van der Waals surface area (Å²) in [5.41, 5.74) is 1.08. The van der Waals surface area contributed by atoms with Crippen LogP contribution >= 0.6 is 11.3 Å². The van der Waals surface area contributed by atoms with Crippen LogP contribution in [0.4, 0.5) is 0 Å². The minimum atomic E-state index is -0.319. The molecule has 0 bridgehead atoms. The summed E-state index contributed by atoms with van der Waals surface area (Å²) in [5.74, 6) is 1.08. The molecule has 2 N–H and O–H groups in total. The van der Waals surface area contributed by atoms with Gasteiger partial charge in [0, 0.05) is 31.5 Å². The number of hydrogen-bond acceptors (Lipinski definition) is 6. The van der Waals surface area contributed by atoms with E-state index in [4.69, 9.17) is 0 Å². The van der Waals surface area contributed by atoms with Gasteiger partial charge in [-0.05, 0) is 40.3 Å². The van der Waals surface area contributed by atoms with E-state index in [0.29, 0.717) is 18.3 Å². The molecule has 3 heterocycles. The molecule has 7 heteroatoms. The van der Waals surface area contributed by atoms with Crippen LogP contribution in [0.3, 0.4) is 0 Å². The molecule has 0 radical (unpaired) electrons. The van der Waals surface area contributed by atoms with E-state index in [2.05, 4.69) is 15.2 Å². The van der Waals surface area contributed by atoms with Crippen molar-refractivity contribution in [2.45, 2.75) is 18.8 Å². The topological polar surface area (TPSA) is 68.2 Å². The van der Waals surface area contributed by atoms with Crippen LogP contribution in [0.15, 0.2) is 34.1 Å². The number of carbonyl (C=O) groups is 1. The van der Waals surface area contributed by atoms with Crippen LogP contribution in [0.25, 0.3) is 0 Å². The van der Waals surface area contributed by atoms with Gasteiger partial charge in [0.1, 0.15) is 0 Å². The third kappa shape index (κ3) is 2.55. The molecule has 1 saturated heterocycles. The van der Waals surface area contributed by atoms with Crippen LogP contribution in [-0.2, 0) is 11.2 Å². The SMILES string of the molecule is O=C(Cc1ccsc1)NC1C2CN(C3N=CC=CN3O)CC21. The van der Waals surface area contributed by atoms with Crippen molar-refractivity contribution in [3.8, 4) is 0 Å². The summed E-state index contributed by atoms with van der Waals surface area (Å²) in [6.07, 6.45) is 5.18. The molecule has 2 aliphatic heterocycles. The van der Waals surface area contributed by atoms with E-state index in [1.54, 1.807) is 29.8 Å². The number of carbonyl (C=O) groups excluding carboxylic acids is 1. The van der Waals surface area contributed by atoms with Crippen molar-refractivity contribution >= 4 is 23.5 Å². The van der Waals surface area contributed by atoms with Crippen molar-refractivity contribution in [1.29, 1.82) is 0 Å². The Morgan fingerprint density at radius 3 is 2.95 bits per heavy atom. The molecule has 22 heavy (non-hydrogen) atoms. The first kappa shape index (κ1) is 13.9. The molecule has 116 valence electrons. The van der Waals surface area contributed by atoms with Gasteiger partial charge in [0.25, 0.3) is 0 Å². The molecule has 6 nitrogen and oxygen atoms in total. The van der Waals surface area contributed by atoms with Gasteiger partial charge in [0.15, 0.2) is 0 Å². The lowest BCUT2D eigenvalue weighted by atomic mass is 10.2. The van der Waals surface area contributed by atoms with Gasteiger partial charge in [0.2, 0.25) is 12.2 Å². The lowest BCUT2D eigenvalue weighted by Gasteiger charge is -2.32. The first-order valence-electron chi connectivity index (χ1n) is 7.44. The van der Waals surface area contributed by atoms with E-state index >= 15 is 0 Å². The van der Waals surface area contributed by atoms with Crippen LogP contribution < -0.4 is 5.32 Å². The molecule has 1 saturated carbocycles. The second kappa shape index (κ2) is 5.49. The number of nitrogens with zero attached hydrogens (tertiary/aromatic N) is 3. The Morgan fingerprint density at radius 2 is 2.27 bits per heavy atom. The van der Waals surface area contributed by atoms with Crippen LogP contribution in [0, 0.1) is 11.8 Å². The number of fused-ring (bicyclic) bond motifs is 1. The maximum Gasteiger partial charge on any atom is 0.224 e. The van der Waals surface area contributed by atoms with E-state index in [-0.39, 0.29) is 18.2 Å². The van der Waals surface area contributed by atoms with Crippen molar-refractivity contribution in [2.75, 3.05) is 13.1 Å². The Labute approximate surface area is 132 Å². The maximum atomic E-state index is 12.0. The van der Waals surface area contributed by atoms with Gasteiger partial charge >= 0.3 is 0 Å². The van der Waals surface area contributed by atoms with Crippen molar-refractivity contribution < 1.29 is 10.0 Å². The number of hydroxylamine groups is 2. The number of allylic oxidation sites excluding steroid dienone is 1. The van der Waals surface area contributed by atoms with Crippen LogP contribution in [0.2, 0.25) is 0 Å². The fourth-order valence-corrected chi connectivity index (χ4v) is 4.11. The maximum absolute atomic E-state index is 12.0. The number of hydrogen-bond donors (Lipinski definition) is 2. The van der Waals surface area contributed by atoms with Gasteiger partial charge in [0.05, 0.1) is 6.42 Å². The third-order valence-electron chi connectivity index (χ3n) is 4.60. The minimum absolute atomic E-state index is 0.103. The molecule has 3 unspecified atom stereocenters. The summed E-state index contributed by atoms with van der Waals surface area (Å²) in [6.45, 7) is 1.72. The number of piperidine rings is 1. The normalized spacial score (nSPS) is 33.0. The molecule has 1 amide bonds. The molecule has 1 aliphatic carbocycles. The van der Waals surface area contributed by atoms with E-state index in [1.165, 1.54) is 0 Å². The molecule has 3 aliphatic rings. The molecule has 3 atom stereocenters. The second-order valence-electron chi connectivity index (χ2n) is 6.05. The van der Waals surface area contributed by atoms with Gasteiger partial charge in [-0.1, -0.05) is 0 Å². The average molecular weight is 318 g/mol. The number of aliphatic imine (C=N–C) groups is 1. The lowest BCUT2D eigenvalue weighted by molar-refractivity contribution is -0.128. The molecule has 1 aromatic rings. The highest BCUT2D eigenvalue weighted by Gasteiger charge is 2.57. The van der Waals surface area contributed by atoms with Gasteiger partial charge < -0.3 is 5.32 Å². The van der Waals surface area contributed by atoms with Gasteiger partial charge in [-0.15, -0.1) is 0 Å². The number of rotatable bonds is 4.